The third kappa shape index (κ3) is 5.03. The van der Waals surface area contributed by atoms with Crippen LogP contribution >= 0.6 is 0 Å². The van der Waals surface area contributed by atoms with Crippen LogP contribution in [0.3, 0.4) is 0 Å². The molecule has 0 bridgehead atoms. The van der Waals surface area contributed by atoms with E-state index >= 15 is 0 Å². The minimum Gasteiger partial charge on any atom is -0.502 e. The maximum atomic E-state index is 11.9. The largest absolute Gasteiger partial charge is 0.502 e. The van der Waals surface area contributed by atoms with Crippen LogP contribution in [0, 0.1) is 10.1 Å². The smallest absolute Gasteiger partial charge is 0.310 e. The van der Waals surface area contributed by atoms with Gasteiger partial charge < -0.3 is 15.3 Å². The van der Waals surface area contributed by atoms with Crippen LogP contribution in [0.5, 0.6) is 5.75 Å². The van der Waals surface area contributed by atoms with Gasteiger partial charge in [-0.1, -0.05) is 13.8 Å². The molecule has 0 spiro atoms. The molecule has 0 radical (unpaired) electrons. The molecule has 7 nitrogen and oxygen atoms in total. The zero-order valence-corrected chi connectivity index (χ0v) is 12.3. The molecule has 0 atom stereocenters. The summed E-state index contributed by atoms with van der Waals surface area (Å²) in [5, 5.41) is 22.8. The first-order chi connectivity index (χ1) is 9.99. The Morgan fingerprint density at radius 2 is 2.10 bits per heavy atom. The molecular formula is C14H21N3O4. The highest BCUT2D eigenvalue weighted by atomic mass is 16.6. The number of phenols is 1. The average Bonchev–Trinajstić information content (AvgIpc) is 2.45. The molecule has 116 valence electrons. The summed E-state index contributed by atoms with van der Waals surface area (Å²) in [4.78, 5) is 24.0. The molecule has 1 amide bonds. The second-order valence-corrected chi connectivity index (χ2v) is 4.65. The van der Waals surface area contributed by atoms with Crippen LogP contribution in [0.15, 0.2) is 18.2 Å². The molecule has 1 aromatic carbocycles. The van der Waals surface area contributed by atoms with Crippen molar-refractivity contribution in [1.29, 1.82) is 0 Å². The van der Waals surface area contributed by atoms with Gasteiger partial charge in [0.25, 0.3) is 5.91 Å². The Kier molecular flexibility index (Phi) is 6.61. The molecule has 0 heterocycles. The summed E-state index contributed by atoms with van der Waals surface area (Å²) in [6.07, 6.45) is 1.05. The van der Waals surface area contributed by atoms with E-state index in [0.717, 1.165) is 38.2 Å². The van der Waals surface area contributed by atoms with Gasteiger partial charge in [-0.15, -0.1) is 0 Å². The van der Waals surface area contributed by atoms with Crippen molar-refractivity contribution in [1.82, 2.24) is 10.2 Å². The van der Waals surface area contributed by atoms with Crippen molar-refractivity contribution >= 4 is 11.6 Å². The number of nitrogens with zero attached hydrogens (tertiary/aromatic N) is 2. The van der Waals surface area contributed by atoms with Crippen LogP contribution in [-0.2, 0) is 0 Å². The van der Waals surface area contributed by atoms with Crippen LogP contribution in [0.2, 0.25) is 0 Å². The van der Waals surface area contributed by atoms with Gasteiger partial charge in [0.15, 0.2) is 5.75 Å². The average molecular weight is 295 g/mol. The number of carbonyl (C=O) groups excluding carboxylic acids is 1. The predicted molar refractivity (Wildman–Crippen MR) is 79.5 cm³/mol. The normalized spacial score (nSPS) is 10.6. The summed E-state index contributed by atoms with van der Waals surface area (Å²) < 4.78 is 0. The number of aromatic hydroxyl groups is 1. The number of amides is 1. The summed E-state index contributed by atoms with van der Waals surface area (Å²) >= 11 is 0. The number of benzene rings is 1. The second kappa shape index (κ2) is 8.21. The Morgan fingerprint density at radius 3 is 2.62 bits per heavy atom. The lowest BCUT2D eigenvalue weighted by Gasteiger charge is -2.19. The number of rotatable bonds is 8. The Bertz CT molecular complexity index is 505. The number of phenolic OH excluding ortho intramolecular Hbond substituents is 1. The number of hydrogen-bond acceptors (Lipinski definition) is 5. The summed E-state index contributed by atoms with van der Waals surface area (Å²) in [7, 11) is 0. The highest BCUT2D eigenvalue weighted by Gasteiger charge is 2.15. The van der Waals surface area contributed by atoms with Gasteiger partial charge >= 0.3 is 5.69 Å². The molecule has 0 aromatic heterocycles. The maximum Gasteiger partial charge on any atom is 0.310 e. The number of carbonyl (C=O) groups is 1. The van der Waals surface area contributed by atoms with Gasteiger partial charge in [-0.3, -0.25) is 14.9 Å². The van der Waals surface area contributed by atoms with Crippen molar-refractivity contribution < 1.29 is 14.8 Å². The van der Waals surface area contributed by atoms with E-state index < -0.39 is 16.4 Å². The third-order valence-electron chi connectivity index (χ3n) is 3.13. The zero-order chi connectivity index (χ0) is 15.8. The molecule has 0 saturated heterocycles. The van der Waals surface area contributed by atoms with E-state index in [9.17, 15) is 20.0 Å². The van der Waals surface area contributed by atoms with Crippen molar-refractivity contribution in [3.05, 3.63) is 33.9 Å². The first-order valence-electron chi connectivity index (χ1n) is 6.97. The highest BCUT2D eigenvalue weighted by Crippen LogP contribution is 2.26. The SMILES string of the molecule is CCCN(CC)CCNC(=O)c1ccc([N+](=O)[O-])c(O)c1. The van der Waals surface area contributed by atoms with Crippen molar-refractivity contribution in [3.8, 4) is 5.75 Å². The van der Waals surface area contributed by atoms with E-state index in [-0.39, 0.29) is 11.5 Å². The molecule has 0 aliphatic rings. The lowest BCUT2D eigenvalue weighted by molar-refractivity contribution is -0.385. The second-order valence-electron chi connectivity index (χ2n) is 4.65. The van der Waals surface area contributed by atoms with Gasteiger partial charge in [-0.25, -0.2) is 0 Å². The fourth-order valence-corrected chi connectivity index (χ4v) is 1.99. The van der Waals surface area contributed by atoms with Crippen LogP contribution in [-0.4, -0.2) is 47.0 Å². The number of nitro benzene ring substituents is 1. The minimum absolute atomic E-state index is 0.205. The number of nitrogens with one attached hydrogen (secondary N) is 1. The standard InChI is InChI=1S/C14H21N3O4/c1-3-8-16(4-2)9-7-15-14(19)11-5-6-12(17(20)21)13(18)10-11/h5-6,10,18H,3-4,7-9H2,1-2H3,(H,15,19). The lowest BCUT2D eigenvalue weighted by atomic mass is 10.2. The van der Waals surface area contributed by atoms with Gasteiger partial charge in [0.05, 0.1) is 4.92 Å². The molecule has 0 fully saturated rings. The maximum absolute atomic E-state index is 11.9. The highest BCUT2D eigenvalue weighted by molar-refractivity contribution is 5.95. The summed E-state index contributed by atoms with van der Waals surface area (Å²) in [5.41, 5.74) is -0.205. The molecule has 1 rings (SSSR count). The Labute approximate surface area is 123 Å². The van der Waals surface area contributed by atoms with Crippen LogP contribution in [0.1, 0.15) is 30.6 Å². The fraction of sp³-hybridized carbons (Fsp3) is 0.500. The molecule has 1 aromatic rings. The molecule has 0 aliphatic heterocycles. The van der Waals surface area contributed by atoms with Crippen molar-refractivity contribution in [3.63, 3.8) is 0 Å². The molecule has 7 heteroatoms. The van der Waals surface area contributed by atoms with Crippen molar-refractivity contribution in [2.75, 3.05) is 26.2 Å². The monoisotopic (exact) mass is 295 g/mol. The van der Waals surface area contributed by atoms with Crippen molar-refractivity contribution in [2.24, 2.45) is 0 Å². The van der Waals surface area contributed by atoms with E-state index in [2.05, 4.69) is 24.1 Å². The topological polar surface area (TPSA) is 95.7 Å². The molecule has 0 unspecified atom stereocenters. The summed E-state index contributed by atoms with van der Waals surface area (Å²) in [6, 6.07) is 3.56. The number of nitro groups is 1. The van der Waals surface area contributed by atoms with Gasteiger partial charge in [-0.05, 0) is 31.6 Å². The minimum atomic E-state index is -0.694. The van der Waals surface area contributed by atoms with Gasteiger partial charge in [0.1, 0.15) is 0 Å². The predicted octanol–water partition coefficient (Wildman–Crippen LogP) is 1.76. The van der Waals surface area contributed by atoms with Gasteiger partial charge in [0.2, 0.25) is 0 Å². The first-order valence-corrected chi connectivity index (χ1v) is 6.97. The van der Waals surface area contributed by atoms with Gasteiger partial charge in [0, 0.05) is 24.7 Å². The van der Waals surface area contributed by atoms with E-state index in [1.807, 2.05) is 0 Å². The van der Waals surface area contributed by atoms with Crippen LogP contribution in [0.25, 0.3) is 0 Å². The number of likely N-dealkylation sites (N-methyl/N-ethyl adjacent to an activating group) is 1. The summed E-state index contributed by atoms with van der Waals surface area (Å²) in [6.45, 7) is 7.29. The Morgan fingerprint density at radius 1 is 1.38 bits per heavy atom. The van der Waals surface area contributed by atoms with E-state index in [1.165, 1.54) is 6.07 Å². The first kappa shape index (κ1) is 16.9. The summed E-state index contributed by atoms with van der Waals surface area (Å²) in [5.74, 6) is -0.860. The zero-order valence-electron chi connectivity index (χ0n) is 12.3. The molecule has 0 saturated carbocycles. The molecule has 0 aliphatic carbocycles. The fourth-order valence-electron chi connectivity index (χ4n) is 1.99. The quantitative estimate of drug-likeness (QED) is 0.563. The van der Waals surface area contributed by atoms with Gasteiger partial charge in [-0.2, -0.15) is 0 Å². The Hall–Kier alpha value is -2.15. The van der Waals surface area contributed by atoms with Crippen LogP contribution in [0.4, 0.5) is 5.69 Å². The number of hydrogen-bond donors (Lipinski definition) is 2. The third-order valence-corrected chi connectivity index (χ3v) is 3.13. The molecule has 21 heavy (non-hydrogen) atoms. The van der Waals surface area contributed by atoms with E-state index in [4.69, 9.17) is 0 Å². The lowest BCUT2D eigenvalue weighted by Crippen LogP contribution is -2.35. The molecule has 2 N–H and O–H groups in total. The van der Waals surface area contributed by atoms with Crippen LogP contribution < -0.4 is 5.32 Å². The van der Waals surface area contributed by atoms with E-state index in [1.54, 1.807) is 0 Å². The molecular weight excluding hydrogens is 274 g/mol. The van der Waals surface area contributed by atoms with E-state index in [0.29, 0.717) is 6.54 Å². The van der Waals surface area contributed by atoms with Crippen molar-refractivity contribution in [2.45, 2.75) is 20.3 Å². The Balaban J connectivity index is 2.56.